The van der Waals surface area contributed by atoms with Crippen molar-refractivity contribution in [3.05, 3.63) is 33.8 Å². The highest BCUT2D eigenvalue weighted by molar-refractivity contribution is 9.10. The molecule has 2 saturated heterocycles. The Bertz CT molecular complexity index is 765. The van der Waals surface area contributed by atoms with Gasteiger partial charge in [-0.15, -0.1) is 0 Å². The largest absolute Gasteiger partial charge is 0.467 e. The molecule has 1 amide bonds. The molecule has 28 heavy (non-hydrogen) atoms. The van der Waals surface area contributed by atoms with Gasteiger partial charge in [0.2, 0.25) is 5.91 Å². The first-order chi connectivity index (χ1) is 13.4. The zero-order valence-corrected chi connectivity index (χ0v) is 17.4. The van der Waals surface area contributed by atoms with Crippen molar-refractivity contribution in [3.63, 3.8) is 0 Å². The second-order valence-corrected chi connectivity index (χ2v) is 7.92. The summed E-state index contributed by atoms with van der Waals surface area (Å²) >= 11 is 3.34. The molecule has 152 valence electrons. The molecule has 2 aliphatic rings. The van der Waals surface area contributed by atoms with E-state index in [2.05, 4.69) is 15.9 Å². The van der Waals surface area contributed by atoms with Gasteiger partial charge in [0.1, 0.15) is 12.3 Å². The Kier molecular flexibility index (Phi) is 6.49. The summed E-state index contributed by atoms with van der Waals surface area (Å²) in [6, 6.07) is 4.70. The minimum absolute atomic E-state index is 0.0813. The fraction of sp³-hybridized carbons (Fsp3) is 0.526. The molecule has 1 aromatic rings. The number of ether oxygens (including phenoxy) is 3. The zero-order chi connectivity index (χ0) is 20.3. The Hall–Kier alpha value is -1.81. The standard InChI is InChI=1S/C19H23BrN2O6/c1-21(9-13-3-4-15(20)7-14(13)11-23)10-17(24)22-12-19(27-5-6-28-19)8-16(22)18(25)26-2/h3-4,7,11,16H,5-6,8-10,12H2,1-2H3. The maximum atomic E-state index is 12.9. The lowest BCUT2D eigenvalue weighted by molar-refractivity contribution is -0.152. The van der Waals surface area contributed by atoms with Crippen LogP contribution < -0.4 is 0 Å². The maximum absolute atomic E-state index is 12.9. The highest BCUT2D eigenvalue weighted by Gasteiger charge is 2.53. The molecule has 2 aliphatic heterocycles. The summed E-state index contributed by atoms with van der Waals surface area (Å²) in [5.41, 5.74) is 1.38. The molecule has 1 unspecified atom stereocenters. The van der Waals surface area contributed by atoms with Crippen LogP contribution in [0.25, 0.3) is 0 Å². The van der Waals surface area contributed by atoms with Gasteiger partial charge in [0.05, 0.1) is 33.4 Å². The van der Waals surface area contributed by atoms with Crippen molar-refractivity contribution < 1.29 is 28.6 Å². The number of hydrogen-bond donors (Lipinski definition) is 0. The van der Waals surface area contributed by atoms with E-state index in [1.54, 1.807) is 18.0 Å². The fourth-order valence-corrected chi connectivity index (χ4v) is 4.02. The van der Waals surface area contributed by atoms with E-state index in [1.165, 1.54) is 12.0 Å². The first-order valence-corrected chi connectivity index (χ1v) is 9.74. The molecular formula is C19H23BrN2O6. The lowest BCUT2D eigenvalue weighted by Crippen LogP contribution is -2.46. The predicted molar refractivity (Wildman–Crippen MR) is 103 cm³/mol. The number of hydrogen-bond acceptors (Lipinski definition) is 7. The quantitative estimate of drug-likeness (QED) is 0.471. The van der Waals surface area contributed by atoms with Gasteiger partial charge in [-0.25, -0.2) is 4.79 Å². The number of nitrogens with zero attached hydrogens (tertiary/aromatic N) is 2. The van der Waals surface area contributed by atoms with Crippen LogP contribution >= 0.6 is 15.9 Å². The summed E-state index contributed by atoms with van der Waals surface area (Å²) in [7, 11) is 3.09. The Morgan fingerprint density at radius 3 is 2.75 bits per heavy atom. The molecule has 3 rings (SSSR count). The highest BCUT2D eigenvalue weighted by Crippen LogP contribution is 2.35. The van der Waals surface area contributed by atoms with Gasteiger partial charge < -0.3 is 19.1 Å². The number of likely N-dealkylation sites (N-methyl/N-ethyl adjacent to an activating group) is 1. The molecular weight excluding hydrogens is 432 g/mol. The average molecular weight is 455 g/mol. The molecule has 0 aliphatic carbocycles. The molecule has 0 bridgehead atoms. The van der Waals surface area contributed by atoms with Crippen LogP contribution in [0.15, 0.2) is 22.7 Å². The van der Waals surface area contributed by atoms with Gasteiger partial charge in [0, 0.05) is 23.0 Å². The number of rotatable bonds is 6. The monoisotopic (exact) mass is 454 g/mol. The number of aldehydes is 1. The van der Waals surface area contributed by atoms with Crippen LogP contribution in [0.5, 0.6) is 0 Å². The van der Waals surface area contributed by atoms with E-state index >= 15 is 0 Å². The van der Waals surface area contributed by atoms with E-state index in [0.717, 1.165) is 16.3 Å². The van der Waals surface area contributed by atoms with Crippen LogP contribution in [-0.2, 0) is 30.3 Å². The van der Waals surface area contributed by atoms with Crippen molar-refractivity contribution in [3.8, 4) is 0 Å². The normalized spacial score (nSPS) is 20.7. The third kappa shape index (κ3) is 4.43. The Balaban J connectivity index is 1.68. The zero-order valence-electron chi connectivity index (χ0n) is 15.9. The minimum Gasteiger partial charge on any atom is -0.467 e. The first kappa shape index (κ1) is 20.9. The number of likely N-dealkylation sites (tertiary alicyclic amines) is 1. The lowest BCUT2D eigenvalue weighted by atomic mass is 10.1. The van der Waals surface area contributed by atoms with Gasteiger partial charge >= 0.3 is 5.97 Å². The van der Waals surface area contributed by atoms with Crippen molar-refractivity contribution in [1.29, 1.82) is 0 Å². The van der Waals surface area contributed by atoms with Crippen LogP contribution in [0.2, 0.25) is 0 Å². The number of carbonyl (C=O) groups excluding carboxylic acids is 3. The second-order valence-electron chi connectivity index (χ2n) is 7.01. The van der Waals surface area contributed by atoms with Crippen molar-refractivity contribution in [2.45, 2.75) is 24.8 Å². The van der Waals surface area contributed by atoms with Crippen molar-refractivity contribution in [2.24, 2.45) is 0 Å². The van der Waals surface area contributed by atoms with Crippen molar-refractivity contribution >= 4 is 34.1 Å². The van der Waals surface area contributed by atoms with Crippen LogP contribution in [0.1, 0.15) is 22.3 Å². The van der Waals surface area contributed by atoms with E-state index in [-0.39, 0.29) is 25.4 Å². The van der Waals surface area contributed by atoms with E-state index in [0.29, 0.717) is 25.3 Å². The van der Waals surface area contributed by atoms with E-state index < -0.39 is 17.8 Å². The third-order valence-electron chi connectivity index (χ3n) is 4.98. The number of methoxy groups -OCH3 is 1. The predicted octanol–water partition coefficient (Wildman–Crippen LogP) is 1.21. The summed E-state index contributed by atoms with van der Waals surface area (Å²) in [6.45, 7) is 1.57. The molecule has 0 N–H and O–H groups in total. The Morgan fingerprint density at radius 2 is 2.11 bits per heavy atom. The molecule has 2 heterocycles. The first-order valence-electron chi connectivity index (χ1n) is 8.95. The molecule has 1 atom stereocenters. The summed E-state index contributed by atoms with van der Waals surface area (Å²) in [5.74, 6) is -1.63. The number of halogens is 1. The number of benzene rings is 1. The SMILES string of the molecule is COC(=O)C1CC2(CN1C(=O)CN(C)Cc1ccc(Br)cc1C=O)OCCO2. The third-order valence-corrected chi connectivity index (χ3v) is 5.47. The van der Waals surface area contributed by atoms with Gasteiger partial charge in [-0.1, -0.05) is 22.0 Å². The van der Waals surface area contributed by atoms with Gasteiger partial charge in [-0.05, 0) is 24.7 Å². The molecule has 0 aromatic heterocycles. The molecule has 0 radical (unpaired) electrons. The van der Waals surface area contributed by atoms with Gasteiger partial charge in [-0.2, -0.15) is 0 Å². The van der Waals surface area contributed by atoms with Crippen molar-refractivity contribution in [2.75, 3.05) is 40.5 Å². The molecule has 8 nitrogen and oxygen atoms in total. The minimum atomic E-state index is -0.927. The topological polar surface area (TPSA) is 85.4 Å². The summed E-state index contributed by atoms with van der Waals surface area (Å²) < 4.78 is 17.0. The summed E-state index contributed by atoms with van der Waals surface area (Å²) in [5, 5.41) is 0. The van der Waals surface area contributed by atoms with Crippen LogP contribution in [-0.4, -0.2) is 80.3 Å². The van der Waals surface area contributed by atoms with Gasteiger partial charge in [0.25, 0.3) is 0 Å². The second kappa shape index (κ2) is 8.69. The highest BCUT2D eigenvalue weighted by atomic mass is 79.9. The number of amides is 1. The molecule has 0 saturated carbocycles. The number of esters is 1. The van der Waals surface area contributed by atoms with E-state index in [1.807, 2.05) is 12.1 Å². The van der Waals surface area contributed by atoms with Gasteiger partial charge in [0.15, 0.2) is 5.79 Å². The maximum Gasteiger partial charge on any atom is 0.328 e. The van der Waals surface area contributed by atoms with Crippen LogP contribution in [0, 0.1) is 0 Å². The Morgan fingerprint density at radius 1 is 1.39 bits per heavy atom. The number of carbonyl (C=O) groups is 3. The van der Waals surface area contributed by atoms with Crippen LogP contribution in [0.4, 0.5) is 0 Å². The summed E-state index contributed by atoms with van der Waals surface area (Å²) in [6.07, 6.45) is 1.05. The van der Waals surface area contributed by atoms with E-state index in [9.17, 15) is 14.4 Å². The molecule has 1 aromatic carbocycles. The van der Waals surface area contributed by atoms with Crippen LogP contribution in [0.3, 0.4) is 0 Å². The summed E-state index contributed by atoms with van der Waals surface area (Å²) in [4.78, 5) is 39.7. The molecule has 1 spiro atoms. The van der Waals surface area contributed by atoms with Crippen molar-refractivity contribution in [1.82, 2.24) is 9.80 Å². The molecule has 2 fully saturated rings. The molecule has 9 heteroatoms. The lowest BCUT2D eigenvalue weighted by Gasteiger charge is -2.26. The Labute approximate surface area is 171 Å². The fourth-order valence-electron chi connectivity index (χ4n) is 3.64. The smallest absolute Gasteiger partial charge is 0.328 e. The van der Waals surface area contributed by atoms with Gasteiger partial charge in [-0.3, -0.25) is 14.5 Å². The van der Waals surface area contributed by atoms with E-state index in [4.69, 9.17) is 14.2 Å². The average Bonchev–Trinajstić information content (AvgIpc) is 3.29.